The molecule has 1 aromatic rings. The minimum Gasteiger partial charge on any atom is -0.345 e. The van der Waals surface area contributed by atoms with E-state index in [1.807, 2.05) is 20.2 Å². The van der Waals surface area contributed by atoms with Crippen molar-refractivity contribution in [3.63, 3.8) is 0 Å². The van der Waals surface area contributed by atoms with Gasteiger partial charge in [0.1, 0.15) is 5.54 Å². The van der Waals surface area contributed by atoms with Crippen molar-refractivity contribution in [2.24, 2.45) is 7.05 Å². The molecule has 18 heavy (non-hydrogen) atoms. The maximum absolute atomic E-state index is 12.0. The molecule has 2 amide bonds. The number of carbonyl (C=O) groups excluding carboxylic acids is 2. The second-order valence-electron chi connectivity index (χ2n) is 4.81. The normalized spacial score (nSPS) is 24.3. The zero-order chi connectivity index (χ0) is 13.3. The lowest BCUT2D eigenvalue weighted by Gasteiger charge is -2.42. The molecule has 1 aromatic heterocycles. The fraction of sp³-hybridized carbons (Fsp3) is 0.583. The SMILES string of the molecule is CCC1(C)C(=O)NCC(=O)N1Cc1cnn(C)c1. The van der Waals surface area contributed by atoms with Gasteiger partial charge in [-0.15, -0.1) is 0 Å². The average Bonchev–Trinajstić information content (AvgIpc) is 2.75. The molecule has 0 saturated carbocycles. The quantitative estimate of drug-likeness (QED) is 0.824. The summed E-state index contributed by atoms with van der Waals surface area (Å²) in [5, 5.41) is 6.72. The summed E-state index contributed by atoms with van der Waals surface area (Å²) in [5.74, 6) is -0.142. The molecule has 0 aromatic carbocycles. The van der Waals surface area contributed by atoms with Crippen molar-refractivity contribution in [2.45, 2.75) is 32.4 Å². The van der Waals surface area contributed by atoms with Gasteiger partial charge < -0.3 is 10.2 Å². The van der Waals surface area contributed by atoms with Crippen molar-refractivity contribution in [3.8, 4) is 0 Å². The van der Waals surface area contributed by atoms with E-state index in [9.17, 15) is 9.59 Å². The first-order chi connectivity index (χ1) is 8.47. The molecule has 1 atom stereocenters. The van der Waals surface area contributed by atoms with Crippen LogP contribution in [0.4, 0.5) is 0 Å². The number of hydrogen-bond donors (Lipinski definition) is 1. The van der Waals surface area contributed by atoms with Crippen molar-refractivity contribution in [1.82, 2.24) is 20.0 Å². The Balaban J connectivity index is 2.26. The first-order valence-electron chi connectivity index (χ1n) is 6.03. The Bertz CT molecular complexity index is 482. The van der Waals surface area contributed by atoms with Gasteiger partial charge in [0.2, 0.25) is 11.8 Å². The van der Waals surface area contributed by atoms with Gasteiger partial charge in [-0.3, -0.25) is 14.3 Å². The van der Waals surface area contributed by atoms with Crippen molar-refractivity contribution in [3.05, 3.63) is 18.0 Å². The van der Waals surface area contributed by atoms with Gasteiger partial charge in [-0.05, 0) is 13.3 Å². The molecular weight excluding hydrogens is 232 g/mol. The van der Waals surface area contributed by atoms with Gasteiger partial charge in [-0.1, -0.05) is 6.92 Å². The molecule has 2 heterocycles. The molecule has 6 nitrogen and oxygen atoms in total. The third-order valence-electron chi connectivity index (χ3n) is 3.57. The molecule has 1 saturated heterocycles. The highest BCUT2D eigenvalue weighted by atomic mass is 16.2. The predicted molar refractivity (Wildman–Crippen MR) is 65.5 cm³/mol. The first-order valence-corrected chi connectivity index (χ1v) is 6.03. The van der Waals surface area contributed by atoms with Crippen LogP contribution < -0.4 is 5.32 Å². The van der Waals surface area contributed by atoms with Crippen molar-refractivity contribution >= 4 is 11.8 Å². The van der Waals surface area contributed by atoms with Crippen LogP contribution in [0.5, 0.6) is 0 Å². The summed E-state index contributed by atoms with van der Waals surface area (Å²) in [6, 6.07) is 0. The molecule has 1 unspecified atom stereocenters. The minimum atomic E-state index is -0.773. The maximum Gasteiger partial charge on any atom is 0.246 e. The number of piperazine rings is 1. The van der Waals surface area contributed by atoms with Crippen LogP contribution in [0.1, 0.15) is 25.8 Å². The summed E-state index contributed by atoms with van der Waals surface area (Å²) in [5.41, 5.74) is 0.158. The lowest BCUT2D eigenvalue weighted by Crippen LogP contribution is -2.65. The number of nitrogens with zero attached hydrogens (tertiary/aromatic N) is 3. The monoisotopic (exact) mass is 250 g/mol. The zero-order valence-corrected chi connectivity index (χ0v) is 10.9. The highest BCUT2D eigenvalue weighted by Crippen LogP contribution is 2.25. The zero-order valence-electron chi connectivity index (χ0n) is 10.9. The molecule has 0 aliphatic carbocycles. The van der Waals surface area contributed by atoms with Gasteiger partial charge in [0, 0.05) is 25.4 Å². The van der Waals surface area contributed by atoms with Gasteiger partial charge in [0.05, 0.1) is 12.7 Å². The lowest BCUT2D eigenvalue weighted by molar-refractivity contribution is -0.153. The molecule has 0 spiro atoms. The fourth-order valence-electron chi connectivity index (χ4n) is 2.19. The Morgan fingerprint density at radius 1 is 1.50 bits per heavy atom. The Morgan fingerprint density at radius 3 is 2.78 bits per heavy atom. The molecule has 1 aliphatic heterocycles. The largest absolute Gasteiger partial charge is 0.345 e. The highest BCUT2D eigenvalue weighted by molar-refractivity contribution is 5.97. The van der Waals surface area contributed by atoms with Crippen LogP contribution in [0.2, 0.25) is 0 Å². The predicted octanol–water partition coefficient (Wildman–Crippen LogP) is 0.0472. The number of rotatable bonds is 3. The maximum atomic E-state index is 12.0. The van der Waals surface area contributed by atoms with Gasteiger partial charge in [0.15, 0.2) is 0 Å². The van der Waals surface area contributed by atoms with E-state index < -0.39 is 5.54 Å². The van der Waals surface area contributed by atoms with Gasteiger partial charge in [-0.2, -0.15) is 5.10 Å². The van der Waals surface area contributed by atoms with E-state index in [1.165, 1.54) is 0 Å². The third kappa shape index (κ3) is 1.98. The number of nitrogens with one attached hydrogen (secondary N) is 1. The van der Waals surface area contributed by atoms with E-state index in [1.54, 1.807) is 22.7 Å². The van der Waals surface area contributed by atoms with E-state index >= 15 is 0 Å². The number of carbonyl (C=O) groups is 2. The van der Waals surface area contributed by atoms with Gasteiger partial charge in [-0.25, -0.2) is 0 Å². The molecule has 0 radical (unpaired) electrons. The summed E-state index contributed by atoms with van der Waals surface area (Å²) in [6.45, 7) is 4.21. The molecule has 1 fully saturated rings. The van der Waals surface area contributed by atoms with E-state index in [-0.39, 0.29) is 18.4 Å². The van der Waals surface area contributed by atoms with E-state index in [0.717, 1.165) is 5.56 Å². The molecule has 6 heteroatoms. The van der Waals surface area contributed by atoms with Crippen molar-refractivity contribution < 1.29 is 9.59 Å². The molecule has 1 aliphatic rings. The molecule has 2 rings (SSSR count). The van der Waals surface area contributed by atoms with Crippen LogP contribution in [0.3, 0.4) is 0 Å². The Morgan fingerprint density at radius 2 is 2.22 bits per heavy atom. The smallest absolute Gasteiger partial charge is 0.246 e. The number of amides is 2. The number of hydrogen-bond acceptors (Lipinski definition) is 3. The fourth-order valence-corrected chi connectivity index (χ4v) is 2.19. The Labute approximate surface area is 106 Å². The van der Waals surface area contributed by atoms with Gasteiger partial charge >= 0.3 is 0 Å². The second-order valence-corrected chi connectivity index (χ2v) is 4.81. The van der Waals surface area contributed by atoms with Crippen molar-refractivity contribution in [1.29, 1.82) is 0 Å². The lowest BCUT2D eigenvalue weighted by atomic mass is 9.92. The molecule has 1 N–H and O–H groups in total. The average molecular weight is 250 g/mol. The molecule has 0 bridgehead atoms. The van der Waals surface area contributed by atoms with Crippen LogP contribution in [-0.2, 0) is 23.2 Å². The standard InChI is InChI=1S/C12H18N4O2/c1-4-12(2)11(18)13-6-10(17)16(12)8-9-5-14-15(3)7-9/h5,7H,4,6,8H2,1-3H3,(H,13,18). The second kappa shape index (κ2) is 4.44. The summed E-state index contributed by atoms with van der Waals surface area (Å²) >= 11 is 0. The summed E-state index contributed by atoms with van der Waals surface area (Å²) in [7, 11) is 1.83. The summed E-state index contributed by atoms with van der Waals surface area (Å²) in [4.78, 5) is 25.6. The topological polar surface area (TPSA) is 67.2 Å². The highest BCUT2D eigenvalue weighted by Gasteiger charge is 2.44. The summed E-state index contributed by atoms with van der Waals surface area (Å²) < 4.78 is 1.69. The van der Waals surface area contributed by atoms with E-state index in [2.05, 4.69) is 10.4 Å². The van der Waals surface area contributed by atoms with Crippen LogP contribution in [0.15, 0.2) is 12.4 Å². The summed E-state index contributed by atoms with van der Waals surface area (Å²) in [6.07, 6.45) is 4.16. The van der Waals surface area contributed by atoms with Crippen LogP contribution in [0.25, 0.3) is 0 Å². The molecule has 98 valence electrons. The number of aromatic nitrogens is 2. The van der Waals surface area contributed by atoms with Gasteiger partial charge in [0.25, 0.3) is 0 Å². The van der Waals surface area contributed by atoms with E-state index in [4.69, 9.17) is 0 Å². The number of aryl methyl sites for hydroxylation is 1. The molecular formula is C12H18N4O2. The minimum absolute atomic E-state index is 0.0530. The van der Waals surface area contributed by atoms with Crippen LogP contribution >= 0.6 is 0 Å². The van der Waals surface area contributed by atoms with E-state index in [0.29, 0.717) is 13.0 Å². The van der Waals surface area contributed by atoms with Crippen LogP contribution in [0, 0.1) is 0 Å². The first kappa shape index (κ1) is 12.6. The van der Waals surface area contributed by atoms with Crippen molar-refractivity contribution in [2.75, 3.05) is 6.54 Å². The Hall–Kier alpha value is -1.85. The Kier molecular flexibility index (Phi) is 3.11. The van der Waals surface area contributed by atoms with Crippen LogP contribution in [-0.4, -0.2) is 38.6 Å². The third-order valence-corrected chi connectivity index (χ3v) is 3.57.